The van der Waals surface area contributed by atoms with Crippen LogP contribution in [0.1, 0.15) is 41.4 Å². The summed E-state index contributed by atoms with van der Waals surface area (Å²) in [6.45, 7) is 1.53. The first kappa shape index (κ1) is 11.6. The van der Waals surface area contributed by atoms with Crippen LogP contribution in [0.2, 0.25) is 0 Å². The number of aryl methyl sites for hydroxylation is 1. The van der Waals surface area contributed by atoms with E-state index in [4.69, 9.17) is 9.26 Å². The van der Waals surface area contributed by atoms with Crippen LogP contribution in [0, 0.1) is 0 Å². The van der Waals surface area contributed by atoms with Crippen molar-refractivity contribution in [3.05, 3.63) is 21.6 Å². The van der Waals surface area contributed by atoms with Crippen LogP contribution in [0.15, 0.2) is 9.90 Å². The zero-order valence-electron chi connectivity index (χ0n) is 10.7. The van der Waals surface area contributed by atoms with Crippen LogP contribution in [0.4, 0.5) is 0 Å². The van der Waals surface area contributed by atoms with E-state index < -0.39 is 0 Å². The highest BCUT2D eigenvalue weighted by Crippen LogP contribution is 2.36. The van der Waals surface area contributed by atoms with Gasteiger partial charge in [0, 0.05) is 22.8 Å². The van der Waals surface area contributed by atoms with Gasteiger partial charge in [0.1, 0.15) is 0 Å². The van der Waals surface area contributed by atoms with Crippen molar-refractivity contribution in [2.24, 2.45) is 0 Å². The number of fused-ring (bicyclic) bond motifs is 1. The lowest BCUT2D eigenvalue weighted by Gasteiger charge is -2.10. The molecule has 1 unspecified atom stereocenters. The Hall–Kier alpha value is -1.20. The minimum absolute atomic E-state index is 0.312. The SMILES string of the molecule is c1sc2c(c1-c1nc(C3CCOC3)no1)CCCC2. The molecule has 1 fully saturated rings. The van der Waals surface area contributed by atoms with Crippen LogP contribution in [-0.2, 0) is 17.6 Å². The van der Waals surface area contributed by atoms with Gasteiger partial charge in [-0.2, -0.15) is 4.98 Å². The van der Waals surface area contributed by atoms with Crippen LogP contribution < -0.4 is 0 Å². The first-order chi connectivity index (χ1) is 9.42. The number of hydrogen-bond acceptors (Lipinski definition) is 5. The van der Waals surface area contributed by atoms with E-state index in [-0.39, 0.29) is 0 Å². The van der Waals surface area contributed by atoms with Gasteiger partial charge in [0.15, 0.2) is 5.82 Å². The van der Waals surface area contributed by atoms with Crippen molar-refractivity contribution >= 4 is 11.3 Å². The fraction of sp³-hybridized carbons (Fsp3) is 0.571. The van der Waals surface area contributed by atoms with E-state index >= 15 is 0 Å². The molecule has 1 saturated heterocycles. The molecule has 1 aliphatic heterocycles. The average molecular weight is 276 g/mol. The van der Waals surface area contributed by atoms with Crippen molar-refractivity contribution in [2.45, 2.75) is 38.0 Å². The summed E-state index contributed by atoms with van der Waals surface area (Å²) in [5, 5.41) is 6.32. The third-order valence-corrected chi connectivity index (χ3v) is 5.12. The van der Waals surface area contributed by atoms with Crippen molar-refractivity contribution in [1.29, 1.82) is 0 Å². The van der Waals surface area contributed by atoms with Gasteiger partial charge >= 0.3 is 0 Å². The van der Waals surface area contributed by atoms with E-state index in [1.165, 1.54) is 29.7 Å². The molecule has 5 heteroatoms. The number of nitrogens with zero attached hydrogens (tertiary/aromatic N) is 2. The van der Waals surface area contributed by atoms with Gasteiger partial charge in [-0.1, -0.05) is 5.16 Å². The van der Waals surface area contributed by atoms with Gasteiger partial charge in [-0.15, -0.1) is 11.3 Å². The Morgan fingerprint density at radius 1 is 1.26 bits per heavy atom. The van der Waals surface area contributed by atoms with E-state index in [1.807, 2.05) is 11.3 Å². The second kappa shape index (κ2) is 4.72. The summed E-state index contributed by atoms with van der Waals surface area (Å²) in [5.74, 6) is 1.82. The molecule has 4 rings (SSSR count). The van der Waals surface area contributed by atoms with Crippen molar-refractivity contribution in [3.8, 4) is 11.5 Å². The maximum absolute atomic E-state index is 5.48. The highest BCUT2D eigenvalue weighted by molar-refractivity contribution is 7.10. The van der Waals surface area contributed by atoms with Gasteiger partial charge in [-0.3, -0.25) is 0 Å². The van der Waals surface area contributed by atoms with E-state index in [1.54, 1.807) is 0 Å². The summed E-state index contributed by atoms with van der Waals surface area (Å²) in [6, 6.07) is 0. The molecule has 4 nitrogen and oxygen atoms in total. The van der Waals surface area contributed by atoms with Crippen molar-refractivity contribution in [1.82, 2.24) is 10.1 Å². The lowest BCUT2D eigenvalue weighted by Crippen LogP contribution is -2.00. The maximum Gasteiger partial charge on any atom is 0.259 e. The second-order valence-electron chi connectivity index (χ2n) is 5.28. The lowest BCUT2D eigenvalue weighted by atomic mass is 9.96. The molecular formula is C14H16N2O2S. The molecule has 100 valence electrons. The minimum atomic E-state index is 0.312. The second-order valence-corrected chi connectivity index (χ2v) is 6.24. The Labute approximate surface area is 115 Å². The molecule has 0 aromatic carbocycles. The molecule has 0 saturated carbocycles. The molecular weight excluding hydrogens is 260 g/mol. The first-order valence-corrected chi connectivity index (χ1v) is 7.81. The number of hydrogen-bond donors (Lipinski definition) is 0. The molecule has 1 atom stereocenters. The van der Waals surface area contributed by atoms with Crippen LogP contribution in [0.25, 0.3) is 11.5 Å². The van der Waals surface area contributed by atoms with Crippen LogP contribution in [0.3, 0.4) is 0 Å². The lowest BCUT2D eigenvalue weighted by molar-refractivity contribution is 0.192. The van der Waals surface area contributed by atoms with E-state index in [0.29, 0.717) is 11.8 Å². The maximum atomic E-state index is 5.48. The average Bonchev–Trinajstić information content (AvgIpc) is 3.18. The molecule has 1 aliphatic carbocycles. The Balaban J connectivity index is 1.67. The fourth-order valence-electron chi connectivity index (χ4n) is 2.92. The molecule has 0 bridgehead atoms. The first-order valence-electron chi connectivity index (χ1n) is 6.93. The predicted octanol–water partition coefficient (Wildman–Crippen LogP) is 3.18. The normalized spacial score (nSPS) is 22.6. The number of rotatable bonds is 2. The van der Waals surface area contributed by atoms with Gasteiger partial charge in [0.05, 0.1) is 12.2 Å². The zero-order chi connectivity index (χ0) is 12.7. The molecule has 0 spiro atoms. The Bertz CT molecular complexity index is 584. The predicted molar refractivity (Wildman–Crippen MR) is 72.4 cm³/mol. The third kappa shape index (κ3) is 2.01. The highest BCUT2D eigenvalue weighted by Gasteiger charge is 2.25. The van der Waals surface area contributed by atoms with Crippen molar-refractivity contribution in [3.63, 3.8) is 0 Å². The minimum Gasteiger partial charge on any atom is -0.381 e. The van der Waals surface area contributed by atoms with E-state index in [0.717, 1.165) is 37.4 Å². The Morgan fingerprint density at radius 2 is 2.21 bits per heavy atom. The molecule has 3 heterocycles. The van der Waals surface area contributed by atoms with Gasteiger partial charge < -0.3 is 9.26 Å². The summed E-state index contributed by atoms with van der Waals surface area (Å²) in [5.41, 5.74) is 2.60. The molecule has 2 aromatic heterocycles. The monoisotopic (exact) mass is 276 g/mol. The summed E-state index contributed by atoms with van der Waals surface area (Å²) >= 11 is 1.84. The Kier molecular flexibility index (Phi) is 2.89. The summed E-state index contributed by atoms with van der Waals surface area (Å²) in [6.07, 6.45) is 5.94. The number of aromatic nitrogens is 2. The fourth-order valence-corrected chi connectivity index (χ4v) is 4.04. The molecule has 2 aromatic rings. The van der Waals surface area contributed by atoms with Crippen molar-refractivity contribution < 1.29 is 9.26 Å². The molecule has 2 aliphatic rings. The summed E-state index contributed by atoms with van der Waals surface area (Å²) in [4.78, 5) is 6.10. The standard InChI is InChI=1S/C14H16N2O2S/c1-2-4-12-10(3-1)11(8-19-12)14-15-13(16-18-14)9-5-6-17-7-9/h8-9H,1-7H2. The molecule has 0 amide bonds. The van der Waals surface area contributed by atoms with Gasteiger partial charge in [0.25, 0.3) is 5.89 Å². The zero-order valence-corrected chi connectivity index (χ0v) is 11.5. The van der Waals surface area contributed by atoms with E-state index in [2.05, 4.69) is 15.5 Å². The largest absolute Gasteiger partial charge is 0.381 e. The van der Waals surface area contributed by atoms with Gasteiger partial charge in [0.2, 0.25) is 0 Å². The smallest absolute Gasteiger partial charge is 0.259 e. The van der Waals surface area contributed by atoms with Crippen LogP contribution >= 0.6 is 11.3 Å². The topological polar surface area (TPSA) is 48.2 Å². The summed E-state index contributed by atoms with van der Waals surface area (Å²) < 4.78 is 10.9. The third-order valence-electron chi connectivity index (χ3n) is 4.03. The molecule has 0 N–H and O–H groups in total. The quantitative estimate of drug-likeness (QED) is 0.845. The van der Waals surface area contributed by atoms with Gasteiger partial charge in [-0.25, -0.2) is 0 Å². The number of thiophene rings is 1. The summed E-state index contributed by atoms with van der Waals surface area (Å²) in [7, 11) is 0. The Morgan fingerprint density at radius 3 is 3.11 bits per heavy atom. The molecule has 19 heavy (non-hydrogen) atoms. The van der Waals surface area contributed by atoms with Gasteiger partial charge in [-0.05, 0) is 37.7 Å². The van der Waals surface area contributed by atoms with E-state index in [9.17, 15) is 0 Å². The number of ether oxygens (including phenoxy) is 1. The van der Waals surface area contributed by atoms with Crippen LogP contribution in [0.5, 0.6) is 0 Å². The highest BCUT2D eigenvalue weighted by atomic mass is 32.1. The van der Waals surface area contributed by atoms with Crippen molar-refractivity contribution in [2.75, 3.05) is 13.2 Å². The van der Waals surface area contributed by atoms with Crippen LogP contribution in [-0.4, -0.2) is 23.4 Å². The molecule has 0 radical (unpaired) electrons.